The lowest BCUT2D eigenvalue weighted by Crippen LogP contribution is -2.20. The largest absolute Gasteiger partial charge is 0.397 e. The first-order valence-electron chi connectivity index (χ1n) is 5.78. The Kier molecular flexibility index (Phi) is 4.10. The summed E-state index contributed by atoms with van der Waals surface area (Å²) >= 11 is 0. The van der Waals surface area contributed by atoms with Crippen molar-refractivity contribution >= 4 is 23.2 Å². The summed E-state index contributed by atoms with van der Waals surface area (Å²) in [5.41, 5.74) is 7.48. The van der Waals surface area contributed by atoms with Crippen molar-refractivity contribution in [3.63, 3.8) is 0 Å². The number of carbonyl (C=O) groups excluding carboxylic acids is 2. The highest BCUT2D eigenvalue weighted by molar-refractivity contribution is 6.04. The molecule has 0 unspecified atom stereocenters. The number of rotatable bonds is 3. The van der Waals surface area contributed by atoms with E-state index in [1.807, 2.05) is 0 Å². The Morgan fingerprint density at radius 2 is 1.95 bits per heavy atom. The van der Waals surface area contributed by atoms with E-state index in [9.17, 15) is 14.0 Å². The molecule has 8 heteroatoms. The van der Waals surface area contributed by atoms with Crippen LogP contribution in [-0.2, 0) is 0 Å². The van der Waals surface area contributed by atoms with Crippen LogP contribution in [0.15, 0.2) is 36.5 Å². The lowest BCUT2D eigenvalue weighted by Gasteiger charge is -2.08. The van der Waals surface area contributed by atoms with E-state index in [1.54, 1.807) is 0 Å². The smallest absolute Gasteiger partial charge is 0.276 e. The van der Waals surface area contributed by atoms with Crippen molar-refractivity contribution in [3.8, 4) is 0 Å². The molecule has 2 rings (SSSR count). The zero-order chi connectivity index (χ0) is 15.4. The zero-order valence-electron chi connectivity index (χ0n) is 10.6. The number of hydrogen-bond donors (Lipinski definition) is 4. The molecule has 0 aliphatic heterocycles. The molecule has 0 spiro atoms. The summed E-state index contributed by atoms with van der Waals surface area (Å²) in [4.78, 5) is 26.8. The van der Waals surface area contributed by atoms with Crippen molar-refractivity contribution in [2.45, 2.75) is 0 Å². The molecule has 0 aliphatic carbocycles. The summed E-state index contributed by atoms with van der Waals surface area (Å²) in [6.07, 6.45) is 1.12. The number of halogens is 1. The number of hydrogen-bond acceptors (Lipinski definition) is 5. The summed E-state index contributed by atoms with van der Waals surface area (Å²) in [6.45, 7) is 0. The van der Waals surface area contributed by atoms with Gasteiger partial charge in [0.1, 0.15) is 11.5 Å². The molecule has 7 nitrogen and oxygen atoms in total. The molecule has 2 amide bonds. The molecule has 0 bridgehead atoms. The summed E-state index contributed by atoms with van der Waals surface area (Å²) in [5, 5.41) is 10.9. The standard InChI is InChI=1S/C13H11FN4O3/c14-8-2-3-9(15)11(5-8)17-13(20)10-4-1-7(6-16-10)12(19)18-21/h1-6,21H,15H2,(H,17,20)(H,18,19). The van der Waals surface area contributed by atoms with Crippen LogP contribution in [0.25, 0.3) is 0 Å². The van der Waals surface area contributed by atoms with Crippen LogP contribution in [0.4, 0.5) is 15.8 Å². The van der Waals surface area contributed by atoms with Crippen molar-refractivity contribution in [3.05, 3.63) is 53.6 Å². The summed E-state index contributed by atoms with van der Waals surface area (Å²) in [6, 6.07) is 6.18. The minimum Gasteiger partial charge on any atom is -0.397 e. The van der Waals surface area contributed by atoms with E-state index in [4.69, 9.17) is 10.9 Å². The van der Waals surface area contributed by atoms with Crippen molar-refractivity contribution < 1.29 is 19.2 Å². The molecule has 1 aromatic heterocycles. The van der Waals surface area contributed by atoms with Gasteiger partial charge in [-0.15, -0.1) is 0 Å². The average molecular weight is 290 g/mol. The first-order valence-corrected chi connectivity index (χ1v) is 5.78. The van der Waals surface area contributed by atoms with Crippen LogP contribution in [0.5, 0.6) is 0 Å². The van der Waals surface area contributed by atoms with Gasteiger partial charge in [0.15, 0.2) is 0 Å². The number of nitrogen functional groups attached to an aromatic ring is 1. The Bertz CT molecular complexity index is 688. The summed E-state index contributed by atoms with van der Waals surface area (Å²) < 4.78 is 13.1. The normalized spacial score (nSPS) is 10.0. The van der Waals surface area contributed by atoms with Gasteiger partial charge in [0, 0.05) is 6.20 Å². The molecule has 0 aliphatic rings. The van der Waals surface area contributed by atoms with E-state index in [0.29, 0.717) is 0 Å². The topological polar surface area (TPSA) is 117 Å². The molecule has 1 aromatic carbocycles. The minimum absolute atomic E-state index is 0.00755. The SMILES string of the molecule is Nc1ccc(F)cc1NC(=O)c1ccc(C(=O)NO)cn1. The highest BCUT2D eigenvalue weighted by Gasteiger charge is 2.12. The van der Waals surface area contributed by atoms with Gasteiger partial charge in [-0.1, -0.05) is 0 Å². The van der Waals surface area contributed by atoms with Gasteiger partial charge in [0.05, 0.1) is 16.9 Å². The first kappa shape index (κ1) is 14.4. The van der Waals surface area contributed by atoms with Gasteiger partial charge >= 0.3 is 0 Å². The fraction of sp³-hybridized carbons (Fsp3) is 0. The van der Waals surface area contributed by atoms with E-state index < -0.39 is 17.6 Å². The van der Waals surface area contributed by atoms with Crippen molar-refractivity contribution in [1.82, 2.24) is 10.5 Å². The van der Waals surface area contributed by atoms with Gasteiger partial charge in [-0.05, 0) is 30.3 Å². The van der Waals surface area contributed by atoms with Crippen LogP contribution in [0.3, 0.4) is 0 Å². The molecule has 0 radical (unpaired) electrons. The van der Waals surface area contributed by atoms with Gasteiger partial charge < -0.3 is 11.1 Å². The Labute approximate surface area is 118 Å². The van der Waals surface area contributed by atoms with Crippen LogP contribution in [0, 0.1) is 5.82 Å². The first-order chi connectivity index (χ1) is 10.0. The predicted molar refractivity (Wildman–Crippen MR) is 72.3 cm³/mol. The van der Waals surface area contributed by atoms with Crippen LogP contribution < -0.4 is 16.5 Å². The maximum Gasteiger partial charge on any atom is 0.276 e. The predicted octanol–water partition coefficient (Wildman–Crippen LogP) is 1.17. The number of nitrogens with zero attached hydrogens (tertiary/aromatic N) is 1. The van der Waals surface area contributed by atoms with Gasteiger partial charge in [-0.2, -0.15) is 0 Å². The Hall–Kier alpha value is -3.00. The molecular formula is C13H11FN4O3. The second kappa shape index (κ2) is 5.97. The molecule has 0 fully saturated rings. The highest BCUT2D eigenvalue weighted by Crippen LogP contribution is 2.19. The highest BCUT2D eigenvalue weighted by atomic mass is 19.1. The van der Waals surface area contributed by atoms with Crippen LogP contribution in [0.1, 0.15) is 20.8 Å². The fourth-order valence-corrected chi connectivity index (χ4v) is 1.55. The van der Waals surface area contributed by atoms with Crippen molar-refractivity contribution in [2.75, 3.05) is 11.1 Å². The molecule has 5 N–H and O–H groups in total. The molecule has 0 saturated carbocycles. The van der Waals surface area contributed by atoms with Crippen molar-refractivity contribution in [1.29, 1.82) is 0 Å². The minimum atomic E-state index is -0.746. The monoisotopic (exact) mass is 290 g/mol. The maximum absolute atomic E-state index is 13.1. The summed E-state index contributed by atoms with van der Waals surface area (Å²) in [5.74, 6) is -1.89. The number of pyridine rings is 1. The second-order valence-electron chi connectivity index (χ2n) is 4.06. The van der Waals surface area contributed by atoms with Crippen LogP contribution in [-0.4, -0.2) is 22.0 Å². The van der Waals surface area contributed by atoms with E-state index in [1.165, 1.54) is 29.7 Å². The molecule has 108 valence electrons. The number of benzene rings is 1. The Balaban J connectivity index is 2.17. The lowest BCUT2D eigenvalue weighted by atomic mass is 10.2. The number of nitrogens with one attached hydrogen (secondary N) is 2. The van der Waals surface area contributed by atoms with Crippen LogP contribution >= 0.6 is 0 Å². The number of aromatic nitrogens is 1. The van der Waals surface area contributed by atoms with Gasteiger partial charge in [0.2, 0.25) is 0 Å². The zero-order valence-corrected chi connectivity index (χ0v) is 10.6. The van der Waals surface area contributed by atoms with Crippen LogP contribution in [0.2, 0.25) is 0 Å². The molecule has 1 heterocycles. The second-order valence-corrected chi connectivity index (χ2v) is 4.06. The number of carbonyl (C=O) groups is 2. The number of anilines is 2. The quantitative estimate of drug-likeness (QED) is 0.384. The third-order valence-corrected chi connectivity index (χ3v) is 2.62. The van der Waals surface area contributed by atoms with Gasteiger partial charge in [0.25, 0.3) is 11.8 Å². The Morgan fingerprint density at radius 1 is 1.19 bits per heavy atom. The Morgan fingerprint density at radius 3 is 2.57 bits per heavy atom. The maximum atomic E-state index is 13.1. The third-order valence-electron chi connectivity index (χ3n) is 2.62. The third kappa shape index (κ3) is 3.31. The molecule has 2 aromatic rings. The molecule has 0 atom stereocenters. The average Bonchev–Trinajstić information content (AvgIpc) is 2.50. The molecule has 21 heavy (non-hydrogen) atoms. The summed E-state index contributed by atoms with van der Waals surface area (Å²) in [7, 11) is 0. The number of nitrogens with two attached hydrogens (primary N) is 1. The molecule has 0 saturated heterocycles. The van der Waals surface area contributed by atoms with Gasteiger partial charge in [-0.3, -0.25) is 19.8 Å². The van der Waals surface area contributed by atoms with E-state index in [-0.39, 0.29) is 22.6 Å². The lowest BCUT2D eigenvalue weighted by molar-refractivity contribution is 0.0705. The van der Waals surface area contributed by atoms with E-state index >= 15 is 0 Å². The van der Waals surface area contributed by atoms with Gasteiger partial charge in [-0.25, -0.2) is 9.87 Å². The van der Waals surface area contributed by atoms with E-state index in [0.717, 1.165) is 12.3 Å². The number of hydroxylamine groups is 1. The molecular weight excluding hydrogens is 279 g/mol. The fourth-order valence-electron chi connectivity index (χ4n) is 1.55. The van der Waals surface area contributed by atoms with Crippen molar-refractivity contribution in [2.24, 2.45) is 0 Å². The van der Waals surface area contributed by atoms with E-state index in [2.05, 4.69) is 10.3 Å². The number of amides is 2.